The third-order valence-electron chi connectivity index (χ3n) is 2.43. The summed E-state index contributed by atoms with van der Waals surface area (Å²) in [4.78, 5) is 24.5. The maximum Gasteiger partial charge on any atom is 0.330 e. The van der Waals surface area contributed by atoms with Crippen molar-refractivity contribution in [3.05, 3.63) is 24.3 Å². The van der Waals surface area contributed by atoms with Crippen LogP contribution in [0.15, 0.2) is 24.3 Å². The van der Waals surface area contributed by atoms with Gasteiger partial charge >= 0.3 is 6.03 Å². The van der Waals surface area contributed by atoms with E-state index in [1.54, 1.807) is 31.4 Å². The molecule has 1 aromatic carbocycles. The molecule has 3 N–H and O–H groups in total. The second-order valence-electron chi connectivity index (χ2n) is 3.97. The molecule has 0 fully saturated rings. The summed E-state index contributed by atoms with van der Waals surface area (Å²) in [6.07, 6.45) is 0. The van der Waals surface area contributed by atoms with Crippen LogP contribution in [0.1, 0.15) is 6.92 Å². The Labute approximate surface area is 117 Å². The van der Waals surface area contributed by atoms with Crippen molar-refractivity contribution in [2.45, 2.75) is 6.92 Å². The minimum Gasteiger partial charge on any atom is -0.399 e. The Bertz CT molecular complexity index is 447. The van der Waals surface area contributed by atoms with E-state index in [1.165, 1.54) is 6.92 Å². The minimum atomic E-state index is -0.556. The Morgan fingerprint density at radius 1 is 1.25 bits per heavy atom. The topological polar surface area (TPSA) is 93.9 Å². The Balaban J connectivity index is 2.60. The quantitative estimate of drug-likeness (QED) is 0.460. The molecule has 0 radical (unpaired) electrons. The van der Waals surface area contributed by atoms with E-state index < -0.39 is 11.9 Å². The highest BCUT2D eigenvalue weighted by atomic mass is 16.5. The van der Waals surface area contributed by atoms with Crippen LogP contribution in [-0.4, -0.2) is 39.0 Å². The summed E-state index contributed by atoms with van der Waals surface area (Å²) in [6, 6.07) is 5.88. The zero-order valence-corrected chi connectivity index (χ0v) is 11.6. The van der Waals surface area contributed by atoms with Crippen LogP contribution in [0.3, 0.4) is 0 Å². The summed E-state index contributed by atoms with van der Waals surface area (Å²) in [5.41, 5.74) is 6.57. The van der Waals surface area contributed by atoms with Crippen molar-refractivity contribution in [1.82, 2.24) is 5.32 Å². The fraction of sp³-hybridized carbons (Fsp3) is 0.385. The lowest BCUT2D eigenvalue weighted by atomic mass is 10.2. The van der Waals surface area contributed by atoms with Crippen LogP contribution < -0.4 is 16.0 Å². The van der Waals surface area contributed by atoms with Gasteiger partial charge in [0.15, 0.2) is 0 Å². The summed E-state index contributed by atoms with van der Waals surface area (Å²) < 4.78 is 9.92. The predicted molar refractivity (Wildman–Crippen MR) is 75.2 cm³/mol. The van der Waals surface area contributed by atoms with Crippen molar-refractivity contribution in [2.75, 3.05) is 37.7 Å². The number of nitrogens with one attached hydrogen (secondary N) is 1. The smallest absolute Gasteiger partial charge is 0.330 e. The fourth-order valence-corrected chi connectivity index (χ4v) is 1.47. The van der Waals surface area contributed by atoms with Crippen LogP contribution in [0, 0.1) is 0 Å². The summed E-state index contributed by atoms with van der Waals surface area (Å²) in [7, 11) is 1.56. The van der Waals surface area contributed by atoms with Gasteiger partial charge in [0.25, 0.3) is 0 Å². The van der Waals surface area contributed by atoms with Gasteiger partial charge in [-0.25, -0.2) is 9.69 Å². The molecule has 0 heterocycles. The van der Waals surface area contributed by atoms with Crippen LogP contribution in [0.25, 0.3) is 0 Å². The van der Waals surface area contributed by atoms with Crippen molar-refractivity contribution in [3.8, 4) is 0 Å². The third kappa shape index (κ3) is 4.87. The van der Waals surface area contributed by atoms with Gasteiger partial charge in [0.1, 0.15) is 6.73 Å². The van der Waals surface area contributed by atoms with Crippen molar-refractivity contribution in [3.63, 3.8) is 0 Å². The summed E-state index contributed by atoms with van der Waals surface area (Å²) in [5, 5.41) is 2.49. The molecule has 110 valence electrons. The third-order valence-corrected chi connectivity index (χ3v) is 2.43. The lowest BCUT2D eigenvalue weighted by Crippen LogP contribution is -2.43. The van der Waals surface area contributed by atoms with Crippen LogP contribution in [0.2, 0.25) is 0 Å². The fourth-order valence-electron chi connectivity index (χ4n) is 1.47. The molecule has 0 saturated heterocycles. The molecule has 0 aromatic heterocycles. The van der Waals surface area contributed by atoms with Gasteiger partial charge < -0.3 is 20.5 Å². The predicted octanol–water partition coefficient (Wildman–Crippen LogP) is 0.952. The first-order chi connectivity index (χ1) is 9.56. The molecule has 0 bridgehead atoms. The molecule has 1 aromatic rings. The lowest BCUT2D eigenvalue weighted by molar-refractivity contribution is -0.115. The van der Waals surface area contributed by atoms with Crippen LogP contribution >= 0.6 is 0 Å². The average molecular weight is 281 g/mol. The number of nitrogens with zero attached hydrogens (tertiary/aromatic N) is 1. The van der Waals surface area contributed by atoms with E-state index in [2.05, 4.69) is 5.32 Å². The number of methoxy groups -OCH3 is 1. The van der Waals surface area contributed by atoms with Gasteiger partial charge in [-0.2, -0.15) is 0 Å². The first-order valence-corrected chi connectivity index (χ1v) is 6.07. The standard InChI is InChI=1S/C13H19N3O4/c1-10(17)16(12-5-3-11(14)4-6-12)13(18)15-9-20-8-7-19-2/h3-6H,7-9,14H2,1-2H3,(H,15,18). The van der Waals surface area contributed by atoms with Gasteiger partial charge in [-0.1, -0.05) is 0 Å². The summed E-state index contributed by atoms with van der Waals surface area (Å²) in [5.74, 6) is -0.399. The number of benzene rings is 1. The molecular weight excluding hydrogens is 262 g/mol. The van der Waals surface area contributed by atoms with E-state index in [9.17, 15) is 9.59 Å². The Kier molecular flexibility index (Phi) is 6.48. The zero-order chi connectivity index (χ0) is 15.0. The molecule has 0 aliphatic heterocycles. The number of hydrogen-bond acceptors (Lipinski definition) is 5. The molecule has 0 aliphatic rings. The van der Waals surface area contributed by atoms with Crippen molar-refractivity contribution in [1.29, 1.82) is 0 Å². The minimum absolute atomic E-state index is 0.000938. The molecule has 0 aliphatic carbocycles. The van der Waals surface area contributed by atoms with E-state index in [-0.39, 0.29) is 6.73 Å². The van der Waals surface area contributed by atoms with Gasteiger partial charge in [0, 0.05) is 19.7 Å². The molecule has 3 amide bonds. The van der Waals surface area contributed by atoms with Gasteiger partial charge in [-0.3, -0.25) is 4.79 Å². The lowest BCUT2D eigenvalue weighted by Gasteiger charge is -2.19. The maximum absolute atomic E-state index is 12.0. The van der Waals surface area contributed by atoms with Crippen LogP contribution in [-0.2, 0) is 14.3 Å². The number of hydrogen-bond donors (Lipinski definition) is 2. The SMILES string of the molecule is COCCOCNC(=O)N(C(C)=O)c1ccc(N)cc1. The largest absolute Gasteiger partial charge is 0.399 e. The molecule has 0 atom stereocenters. The number of nitrogens with two attached hydrogens (primary N) is 1. The molecule has 1 rings (SSSR count). The van der Waals surface area contributed by atoms with Crippen molar-refractivity contribution >= 4 is 23.3 Å². The number of amides is 3. The molecule has 0 spiro atoms. The Morgan fingerprint density at radius 3 is 2.45 bits per heavy atom. The van der Waals surface area contributed by atoms with E-state index in [4.69, 9.17) is 15.2 Å². The molecule has 0 unspecified atom stereocenters. The number of carbonyl (C=O) groups excluding carboxylic acids is 2. The second kappa shape index (κ2) is 8.13. The van der Waals surface area contributed by atoms with Gasteiger partial charge in [-0.05, 0) is 24.3 Å². The van der Waals surface area contributed by atoms with E-state index in [0.717, 1.165) is 4.90 Å². The number of nitrogen functional groups attached to an aromatic ring is 1. The molecule has 7 heteroatoms. The molecular formula is C13H19N3O4. The van der Waals surface area contributed by atoms with Crippen LogP contribution in [0.4, 0.5) is 16.2 Å². The average Bonchev–Trinajstić information content (AvgIpc) is 2.40. The molecule has 7 nitrogen and oxygen atoms in total. The van der Waals surface area contributed by atoms with Crippen molar-refractivity contribution < 1.29 is 19.1 Å². The zero-order valence-electron chi connectivity index (χ0n) is 11.6. The first-order valence-electron chi connectivity index (χ1n) is 6.07. The van der Waals surface area contributed by atoms with Crippen LogP contribution in [0.5, 0.6) is 0 Å². The molecule has 0 saturated carbocycles. The van der Waals surface area contributed by atoms with E-state index in [1.807, 2.05) is 0 Å². The molecule has 20 heavy (non-hydrogen) atoms. The number of anilines is 2. The monoisotopic (exact) mass is 281 g/mol. The van der Waals surface area contributed by atoms with Gasteiger partial charge in [0.2, 0.25) is 5.91 Å². The number of rotatable bonds is 6. The highest BCUT2D eigenvalue weighted by Crippen LogP contribution is 2.16. The number of carbonyl (C=O) groups is 2. The summed E-state index contributed by atoms with van der Waals surface area (Å²) >= 11 is 0. The number of ether oxygens (including phenoxy) is 2. The number of urea groups is 1. The van der Waals surface area contributed by atoms with E-state index in [0.29, 0.717) is 24.6 Å². The Morgan fingerprint density at radius 2 is 1.90 bits per heavy atom. The Hall–Kier alpha value is -2.12. The number of imide groups is 1. The first kappa shape index (κ1) is 15.9. The van der Waals surface area contributed by atoms with Gasteiger partial charge in [-0.15, -0.1) is 0 Å². The highest BCUT2D eigenvalue weighted by Gasteiger charge is 2.19. The second-order valence-corrected chi connectivity index (χ2v) is 3.97. The van der Waals surface area contributed by atoms with Gasteiger partial charge in [0.05, 0.1) is 18.9 Å². The van der Waals surface area contributed by atoms with E-state index >= 15 is 0 Å². The highest BCUT2D eigenvalue weighted by molar-refractivity contribution is 6.13. The van der Waals surface area contributed by atoms with Crippen molar-refractivity contribution in [2.24, 2.45) is 0 Å². The maximum atomic E-state index is 12.0. The normalized spacial score (nSPS) is 10.1. The summed E-state index contributed by atoms with van der Waals surface area (Å²) in [6.45, 7) is 2.10.